The second-order valence-electron chi connectivity index (χ2n) is 8.12. The van der Waals surface area contributed by atoms with Crippen molar-refractivity contribution < 1.29 is 18.0 Å². The summed E-state index contributed by atoms with van der Waals surface area (Å²) < 4.78 is 28.7. The Kier molecular flexibility index (Phi) is 7.21. The van der Waals surface area contributed by atoms with Crippen molar-refractivity contribution >= 4 is 49.9 Å². The molecule has 0 spiro atoms. The highest BCUT2D eigenvalue weighted by Crippen LogP contribution is 2.33. The van der Waals surface area contributed by atoms with Gasteiger partial charge in [-0.05, 0) is 50.2 Å². The first-order chi connectivity index (χ1) is 16.3. The van der Waals surface area contributed by atoms with Gasteiger partial charge in [-0.1, -0.05) is 54.9 Å². The van der Waals surface area contributed by atoms with Gasteiger partial charge in [0.15, 0.2) is 0 Å². The third-order valence-electron chi connectivity index (χ3n) is 5.98. The minimum absolute atomic E-state index is 0.0409. The van der Waals surface area contributed by atoms with E-state index in [2.05, 4.69) is 10.6 Å². The Bertz CT molecular complexity index is 1340. The van der Waals surface area contributed by atoms with E-state index >= 15 is 0 Å². The number of hydrogen-bond donors (Lipinski definition) is 2. The van der Waals surface area contributed by atoms with E-state index in [9.17, 15) is 18.0 Å². The van der Waals surface area contributed by atoms with Crippen LogP contribution in [-0.4, -0.2) is 43.7 Å². The number of nitrogens with one attached hydrogen (secondary N) is 2. The fraction of sp³-hybridized carbons (Fsp3) is 0.280. The minimum Gasteiger partial charge on any atom is -0.321 e. The lowest BCUT2D eigenvalue weighted by molar-refractivity contribution is -0.128. The van der Waals surface area contributed by atoms with Crippen LogP contribution in [0.1, 0.15) is 36.5 Å². The number of hydrogen-bond acceptors (Lipinski definition) is 5. The highest BCUT2D eigenvalue weighted by Gasteiger charge is 2.36. The molecule has 0 atom stereocenters. The molecule has 178 valence electrons. The molecule has 0 saturated carbocycles. The topological polar surface area (TPSA) is 95.6 Å². The number of sulfonamides is 1. The van der Waals surface area contributed by atoms with E-state index in [0.29, 0.717) is 53.0 Å². The summed E-state index contributed by atoms with van der Waals surface area (Å²) in [5, 5.41) is 7.35. The smallest absolute Gasteiger partial charge is 0.267 e. The molecular weight excluding hydrogens is 474 g/mol. The summed E-state index contributed by atoms with van der Waals surface area (Å²) in [7, 11) is -4.12. The first-order valence-electron chi connectivity index (χ1n) is 11.2. The molecule has 7 nitrogen and oxygen atoms in total. The van der Waals surface area contributed by atoms with Crippen LogP contribution in [0.4, 0.5) is 5.69 Å². The molecule has 34 heavy (non-hydrogen) atoms. The summed E-state index contributed by atoms with van der Waals surface area (Å²) in [5.74, 6) is -0.823. The Labute approximate surface area is 204 Å². The molecule has 3 aromatic rings. The van der Waals surface area contributed by atoms with Gasteiger partial charge in [0.2, 0.25) is 5.91 Å². The molecule has 0 aliphatic carbocycles. The number of halogens is 1. The number of anilines is 1. The van der Waals surface area contributed by atoms with E-state index in [1.165, 1.54) is 6.07 Å². The number of fused-ring (bicyclic) bond motifs is 1. The minimum atomic E-state index is -4.12. The van der Waals surface area contributed by atoms with Crippen LogP contribution in [0.2, 0.25) is 5.02 Å². The third kappa shape index (κ3) is 4.66. The Hall–Kier alpha value is -2.94. The highest BCUT2D eigenvalue weighted by molar-refractivity contribution is 7.90. The molecule has 0 aromatic heterocycles. The normalized spacial score (nSPS) is 14.6. The maximum absolute atomic E-state index is 13.8. The van der Waals surface area contributed by atoms with Gasteiger partial charge in [0, 0.05) is 22.9 Å². The van der Waals surface area contributed by atoms with Gasteiger partial charge >= 0.3 is 0 Å². The van der Waals surface area contributed by atoms with Crippen molar-refractivity contribution in [2.75, 3.05) is 18.4 Å². The molecule has 0 radical (unpaired) electrons. The lowest BCUT2D eigenvalue weighted by Crippen LogP contribution is -2.48. The summed E-state index contributed by atoms with van der Waals surface area (Å²) >= 11 is 6.16. The first kappa shape index (κ1) is 24.2. The van der Waals surface area contributed by atoms with Gasteiger partial charge < -0.3 is 10.6 Å². The molecule has 9 heteroatoms. The fourth-order valence-corrected chi connectivity index (χ4v) is 6.41. The largest absolute Gasteiger partial charge is 0.321 e. The monoisotopic (exact) mass is 499 g/mol. The lowest BCUT2D eigenvalue weighted by atomic mass is 10.1. The second kappa shape index (κ2) is 10.1. The number of nitrogens with zero attached hydrogens (tertiary/aromatic N) is 1. The van der Waals surface area contributed by atoms with Gasteiger partial charge in [0.25, 0.3) is 15.9 Å². The Balaban J connectivity index is 1.77. The van der Waals surface area contributed by atoms with Gasteiger partial charge in [0.1, 0.15) is 0 Å². The van der Waals surface area contributed by atoms with Crippen molar-refractivity contribution in [1.82, 2.24) is 9.62 Å². The Morgan fingerprint density at radius 2 is 1.65 bits per heavy atom. The molecule has 1 heterocycles. The maximum atomic E-state index is 13.8. The van der Waals surface area contributed by atoms with Crippen molar-refractivity contribution in [3.63, 3.8) is 0 Å². The molecular formula is C25H26ClN3O4S. The molecule has 1 saturated heterocycles. The quantitative estimate of drug-likeness (QED) is 0.523. The molecule has 2 amide bonds. The van der Waals surface area contributed by atoms with Gasteiger partial charge in [-0.15, -0.1) is 0 Å². The highest BCUT2D eigenvalue weighted by atomic mass is 35.5. The molecule has 1 fully saturated rings. The molecule has 0 unspecified atom stereocenters. The zero-order chi connectivity index (χ0) is 24.3. The Morgan fingerprint density at radius 1 is 1.00 bits per heavy atom. The molecule has 0 bridgehead atoms. The maximum Gasteiger partial charge on any atom is 0.267 e. The van der Waals surface area contributed by atoms with Gasteiger partial charge in [-0.3, -0.25) is 9.59 Å². The van der Waals surface area contributed by atoms with E-state index in [-0.39, 0.29) is 11.3 Å². The van der Waals surface area contributed by atoms with Crippen molar-refractivity contribution in [2.45, 2.75) is 37.1 Å². The predicted molar refractivity (Wildman–Crippen MR) is 134 cm³/mol. The molecule has 3 aromatic carbocycles. The molecule has 2 N–H and O–H groups in total. The van der Waals surface area contributed by atoms with Crippen molar-refractivity contribution in [3.05, 3.63) is 71.2 Å². The molecule has 1 aliphatic heterocycles. The zero-order valence-corrected chi connectivity index (χ0v) is 20.3. The van der Waals surface area contributed by atoms with Crippen LogP contribution in [0, 0.1) is 0 Å². The van der Waals surface area contributed by atoms with Crippen LogP contribution in [0.3, 0.4) is 0 Å². The molecule has 4 rings (SSSR count). The third-order valence-corrected chi connectivity index (χ3v) is 8.24. The summed E-state index contributed by atoms with van der Waals surface area (Å²) in [4.78, 5) is 25.7. The van der Waals surface area contributed by atoms with Crippen LogP contribution < -0.4 is 10.6 Å². The van der Waals surface area contributed by atoms with Crippen LogP contribution in [0.15, 0.2) is 65.6 Å². The zero-order valence-electron chi connectivity index (χ0n) is 18.8. The summed E-state index contributed by atoms with van der Waals surface area (Å²) in [6.45, 7) is 2.97. The van der Waals surface area contributed by atoms with E-state index in [0.717, 1.165) is 4.31 Å². The number of carbonyl (C=O) groups is 2. The van der Waals surface area contributed by atoms with E-state index in [1.54, 1.807) is 61.5 Å². The lowest BCUT2D eigenvalue weighted by Gasteiger charge is -2.34. The van der Waals surface area contributed by atoms with E-state index in [1.807, 2.05) is 0 Å². The fourth-order valence-electron chi connectivity index (χ4n) is 4.28. The number of rotatable bonds is 6. The second-order valence-corrected chi connectivity index (χ2v) is 10.3. The van der Waals surface area contributed by atoms with Gasteiger partial charge in [0.05, 0.1) is 21.5 Å². The number of benzene rings is 3. The van der Waals surface area contributed by atoms with Gasteiger partial charge in [-0.25, -0.2) is 12.7 Å². The summed E-state index contributed by atoms with van der Waals surface area (Å²) in [5.41, 5.74) is 0.769. The SMILES string of the molecule is CCC(=O)N(C1CCNCC1)S(=O)(=O)c1ccc(NC(=O)c2ccccc2Cl)c2ccccc12. The number of carbonyl (C=O) groups excluding carboxylic acids is 2. The summed E-state index contributed by atoms with van der Waals surface area (Å²) in [6.07, 6.45) is 1.22. The van der Waals surface area contributed by atoms with E-state index < -0.39 is 27.9 Å². The average molecular weight is 500 g/mol. The number of piperidine rings is 1. The van der Waals surface area contributed by atoms with Crippen molar-refractivity contribution in [3.8, 4) is 0 Å². The van der Waals surface area contributed by atoms with E-state index in [4.69, 9.17) is 11.6 Å². The van der Waals surface area contributed by atoms with Crippen LogP contribution in [0.25, 0.3) is 10.8 Å². The van der Waals surface area contributed by atoms with Crippen LogP contribution in [-0.2, 0) is 14.8 Å². The van der Waals surface area contributed by atoms with Crippen molar-refractivity contribution in [2.24, 2.45) is 0 Å². The van der Waals surface area contributed by atoms with Gasteiger partial charge in [-0.2, -0.15) is 0 Å². The Morgan fingerprint density at radius 3 is 2.32 bits per heavy atom. The van der Waals surface area contributed by atoms with Crippen LogP contribution >= 0.6 is 11.6 Å². The number of amides is 2. The predicted octanol–water partition coefficient (Wildman–Crippen LogP) is 4.42. The summed E-state index contributed by atoms with van der Waals surface area (Å²) in [6, 6.07) is 16.3. The van der Waals surface area contributed by atoms with Crippen LogP contribution in [0.5, 0.6) is 0 Å². The molecule has 1 aliphatic rings. The average Bonchev–Trinajstić information content (AvgIpc) is 2.84. The first-order valence-corrected chi connectivity index (χ1v) is 13.0. The van der Waals surface area contributed by atoms with Crippen molar-refractivity contribution in [1.29, 1.82) is 0 Å². The standard InChI is InChI=1S/C25H26ClN3O4S/c1-2-24(30)29(17-13-15-27-16-14-17)34(32,33)23-12-11-22(18-7-3-4-8-19(18)23)28-25(31)20-9-5-6-10-21(20)26/h3-12,17,27H,2,13-16H2,1H3,(H,28,31).